The summed E-state index contributed by atoms with van der Waals surface area (Å²) in [5.41, 5.74) is 7.43. The lowest BCUT2D eigenvalue weighted by Gasteiger charge is -2.10. The minimum absolute atomic E-state index is 0.120. The molecule has 2 N–H and O–H groups in total. The zero-order valence-electron chi connectivity index (χ0n) is 15.3. The molecule has 2 heterocycles. The Morgan fingerprint density at radius 3 is 2.63 bits per heavy atom. The van der Waals surface area contributed by atoms with Crippen LogP contribution in [0.5, 0.6) is 0 Å². The molecule has 0 aliphatic heterocycles. The van der Waals surface area contributed by atoms with Gasteiger partial charge in [-0.2, -0.15) is 0 Å². The van der Waals surface area contributed by atoms with Gasteiger partial charge >= 0.3 is 0 Å². The smallest absolute Gasteiger partial charge is 0.155 e. The number of fused-ring (bicyclic) bond motifs is 1. The molecule has 0 atom stereocenters. The van der Waals surface area contributed by atoms with Crippen LogP contribution in [-0.2, 0) is 6.54 Å². The first kappa shape index (κ1) is 17.4. The van der Waals surface area contributed by atoms with Crippen LogP contribution in [-0.4, -0.2) is 32.6 Å². The molecule has 0 saturated heterocycles. The highest BCUT2D eigenvalue weighted by atomic mass is 16.3. The molecule has 4 rings (SSSR count). The van der Waals surface area contributed by atoms with E-state index in [0.717, 1.165) is 22.6 Å². The molecule has 2 aromatic carbocycles. The summed E-state index contributed by atoms with van der Waals surface area (Å²) in [4.78, 5) is 9.20. The molecular weight excluding hydrogens is 336 g/mol. The third-order valence-corrected chi connectivity index (χ3v) is 4.68. The van der Waals surface area contributed by atoms with E-state index in [4.69, 9.17) is 10.1 Å². The molecule has 2 aromatic heterocycles. The van der Waals surface area contributed by atoms with Gasteiger partial charge in [-0.05, 0) is 23.6 Å². The van der Waals surface area contributed by atoms with Crippen LogP contribution in [0.3, 0.4) is 0 Å². The first-order chi connectivity index (χ1) is 13.3. The highest BCUT2D eigenvalue weighted by molar-refractivity contribution is 5.77. The highest BCUT2D eigenvalue weighted by Crippen LogP contribution is 2.31. The quantitative estimate of drug-likeness (QED) is 0.518. The summed E-state index contributed by atoms with van der Waals surface area (Å²) in [6, 6.07) is 16.8. The molecule has 0 aliphatic rings. The van der Waals surface area contributed by atoms with Crippen LogP contribution in [0.25, 0.3) is 28.0 Å². The molecule has 4 aromatic rings. The maximum atomic E-state index is 8.88. The van der Waals surface area contributed by atoms with Crippen molar-refractivity contribution in [2.45, 2.75) is 13.5 Å². The van der Waals surface area contributed by atoms with Crippen molar-refractivity contribution in [3.05, 3.63) is 78.4 Å². The average Bonchev–Trinajstić information content (AvgIpc) is 3.12. The molecule has 0 fully saturated rings. The average molecular weight is 358 g/mol. The topological polar surface area (TPSA) is 62.5 Å². The third kappa shape index (κ3) is 3.60. The molecule has 136 valence electrons. The van der Waals surface area contributed by atoms with Gasteiger partial charge in [0.2, 0.25) is 0 Å². The van der Waals surface area contributed by atoms with Crippen molar-refractivity contribution in [2.24, 2.45) is 0 Å². The van der Waals surface area contributed by atoms with Crippen LogP contribution in [0.2, 0.25) is 0 Å². The number of aromatic nitrogens is 3. The summed E-state index contributed by atoms with van der Waals surface area (Å²) in [7, 11) is 0. The maximum Gasteiger partial charge on any atom is 0.155 e. The molecule has 27 heavy (non-hydrogen) atoms. The summed E-state index contributed by atoms with van der Waals surface area (Å²) in [6.07, 6.45) is 5.81. The number of rotatable bonds is 6. The Bertz CT molecular complexity index is 1060. The molecule has 5 heteroatoms. The predicted octanol–water partition coefficient (Wildman–Crippen LogP) is 3.45. The lowest BCUT2D eigenvalue weighted by molar-refractivity contribution is 0.291. The van der Waals surface area contributed by atoms with E-state index >= 15 is 0 Å². The number of aliphatic hydroxyl groups excluding tert-OH is 1. The summed E-state index contributed by atoms with van der Waals surface area (Å²) in [5, 5.41) is 12.0. The number of aliphatic hydroxyl groups is 1. The number of nitrogens with one attached hydrogen (secondary N) is 1. The minimum Gasteiger partial charge on any atom is -0.395 e. The fourth-order valence-corrected chi connectivity index (χ4v) is 3.30. The van der Waals surface area contributed by atoms with Gasteiger partial charge in [0.15, 0.2) is 5.65 Å². The fraction of sp³-hybridized carbons (Fsp3) is 0.182. The highest BCUT2D eigenvalue weighted by Gasteiger charge is 2.11. The lowest BCUT2D eigenvalue weighted by atomic mass is 9.95. The normalized spacial score (nSPS) is 11.2. The molecule has 5 nitrogen and oxygen atoms in total. The van der Waals surface area contributed by atoms with Crippen LogP contribution in [0.4, 0.5) is 0 Å². The number of nitrogens with zero attached hydrogens (tertiary/aromatic N) is 3. The van der Waals surface area contributed by atoms with Crippen LogP contribution in [0, 0.1) is 6.92 Å². The second-order valence-corrected chi connectivity index (χ2v) is 6.51. The summed E-state index contributed by atoms with van der Waals surface area (Å²) >= 11 is 0. The van der Waals surface area contributed by atoms with Crippen molar-refractivity contribution in [1.29, 1.82) is 0 Å². The van der Waals surface area contributed by atoms with Gasteiger partial charge in [-0.3, -0.25) is 4.98 Å². The Kier molecular flexibility index (Phi) is 4.96. The Hall–Kier alpha value is -3.02. The van der Waals surface area contributed by atoms with Crippen LogP contribution in [0.15, 0.2) is 67.1 Å². The van der Waals surface area contributed by atoms with Gasteiger partial charge in [0.1, 0.15) is 0 Å². The van der Waals surface area contributed by atoms with Gasteiger partial charge < -0.3 is 14.8 Å². The molecular formula is C22H22N4O. The van der Waals surface area contributed by atoms with Gasteiger partial charge in [0.05, 0.1) is 24.2 Å². The van der Waals surface area contributed by atoms with E-state index in [1.807, 2.05) is 22.9 Å². The largest absolute Gasteiger partial charge is 0.395 e. The van der Waals surface area contributed by atoms with Crippen LogP contribution < -0.4 is 5.32 Å². The molecule has 0 unspecified atom stereocenters. The summed E-state index contributed by atoms with van der Waals surface area (Å²) < 4.78 is 2.01. The van der Waals surface area contributed by atoms with E-state index in [1.165, 1.54) is 16.7 Å². The molecule has 0 bridgehead atoms. The fourth-order valence-electron chi connectivity index (χ4n) is 3.30. The van der Waals surface area contributed by atoms with Crippen molar-refractivity contribution in [1.82, 2.24) is 19.7 Å². The summed E-state index contributed by atoms with van der Waals surface area (Å²) in [5.74, 6) is 0. The zero-order valence-corrected chi connectivity index (χ0v) is 15.3. The first-order valence-electron chi connectivity index (χ1n) is 9.07. The third-order valence-electron chi connectivity index (χ3n) is 4.68. The van der Waals surface area contributed by atoms with E-state index in [9.17, 15) is 0 Å². The van der Waals surface area contributed by atoms with Crippen molar-refractivity contribution in [3.63, 3.8) is 0 Å². The summed E-state index contributed by atoms with van der Waals surface area (Å²) in [6.45, 7) is 3.44. The lowest BCUT2D eigenvalue weighted by Crippen LogP contribution is -2.18. The molecule has 0 radical (unpaired) electrons. The van der Waals surface area contributed by atoms with Crippen molar-refractivity contribution < 1.29 is 5.11 Å². The van der Waals surface area contributed by atoms with Gasteiger partial charge in [-0.1, -0.05) is 48.5 Å². The van der Waals surface area contributed by atoms with Gasteiger partial charge in [0.25, 0.3) is 0 Å². The Balaban J connectivity index is 1.70. The molecule has 0 spiro atoms. The molecule has 0 aliphatic carbocycles. The van der Waals surface area contributed by atoms with E-state index in [1.54, 1.807) is 6.20 Å². The van der Waals surface area contributed by atoms with E-state index in [0.29, 0.717) is 13.1 Å². The van der Waals surface area contributed by atoms with Crippen molar-refractivity contribution in [2.75, 3.05) is 13.2 Å². The van der Waals surface area contributed by atoms with E-state index in [2.05, 4.69) is 59.7 Å². The van der Waals surface area contributed by atoms with Gasteiger partial charge in [-0.25, -0.2) is 4.98 Å². The monoisotopic (exact) mass is 358 g/mol. The number of imidazole rings is 1. The first-order valence-corrected chi connectivity index (χ1v) is 9.07. The number of benzene rings is 2. The van der Waals surface area contributed by atoms with Gasteiger partial charge in [-0.15, -0.1) is 0 Å². The SMILES string of the molecule is Cc1c(-c2ccccc2)cccc1-c1cn2cc(CNCCO)ncc2n1. The standard InChI is InChI=1S/C22H22N4O/c1-16-19(17-6-3-2-4-7-17)8-5-9-20(16)21-15-26-14-18(12-23-10-11-27)24-13-22(26)25-21/h2-9,13-15,23,27H,10-12H2,1H3. The second kappa shape index (κ2) is 7.70. The van der Waals surface area contributed by atoms with Crippen LogP contribution in [0.1, 0.15) is 11.3 Å². The van der Waals surface area contributed by atoms with Crippen molar-refractivity contribution >= 4 is 5.65 Å². The van der Waals surface area contributed by atoms with Crippen LogP contribution >= 0.6 is 0 Å². The Morgan fingerprint density at radius 1 is 1.00 bits per heavy atom. The second-order valence-electron chi connectivity index (χ2n) is 6.51. The molecule has 0 saturated carbocycles. The number of hydrogen-bond acceptors (Lipinski definition) is 4. The Morgan fingerprint density at radius 2 is 1.81 bits per heavy atom. The van der Waals surface area contributed by atoms with E-state index in [-0.39, 0.29) is 6.61 Å². The van der Waals surface area contributed by atoms with Gasteiger partial charge in [0, 0.05) is 31.0 Å². The van der Waals surface area contributed by atoms with Crippen molar-refractivity contribution in [3.8, 4) is 22.4 Å². The minimum atomic E-state index is 0.120. The molecule has 0 amide bonds. The number of hydrogen-bond donors (Lipinski definition) is 2. The van der Waals surface area contributed by atoms with E-state index < -0.39 is 0 Å². The Labute approximate surface area is 158 Å². The maximum absolute atomic E-state index is 8.88. The predicted molar refractivity (Wildman–Crippen MR) is 107 cm³/mol. The zero-order chi connectivity index (χ0) is 18.6.